The Morgan fingerprint density at radius 3 is 2.24 bits per heavy atom. The fraction of sp³-hybridized carbons (Fsp3) is 0.182. The van der Waals surface area contributed by atoms with E-state index in [0.29, 0.717) is 5.69 Å². The number of aromatic carboxylic acids is 1. The van der Waals surface area contributed by atoms with Gasteiger partial charge in [-0.3, -0.25) is 9.59 Å². The molecule has 0 saturated carbocycles. The van der Waals surface area contributed by atoms with Crippen LogP contribution in [0.4, 0.5) is 5.69 Å². The van der Waals surface area contributed by atoms with E-state index in [-0.39, 0.29) is 24.3 Å². The highest BCUT2D eigenvalue weighted by Crippen LogP contribution is 2.09. The Hall–Kier alpha value is -2.21. The number of carbonyl (C=O) groups excluding carboxylic acids is 2. The summed E-state index contributed by atoms with van der Waals surface area (Å²) >= 11 is 0. The minimum atomic E-state index is -1.04. The van der Waals surface area contributed by atoms with Crippen LogP contribution in [0.25, 0.3) is 0 Å². The van der Waals surface area contributed by atoms with Gasteiger partial charge in [0, 0.05) is 5.69 Å². The van der Waals surface area contributed by atoms with E-state index in [1.54, 1.807) is 0 Å². The molecule has 0 aliphatic rings. The quantitative estimate of drug-likeness (QED) is 0.634. The monoisotopic (exact) mass is 236 g/mol. The topological polar surface area (TPSA) is 109 Å². The van der Waals surface area contributed by atoms with Crippen molar-refractivity contribution in [2.45, 2.75) is 6.42 Å². The Morgan fingerprint density at radius 1 is 1.18 bits per heavy atom. The molecular weight excluding hydrogens is 224 g/mol. The summed E-state index contributed by atoms with van der Waals surface area (Å²) in [5, 5.41) is 11.1. The number of amides is 1. The Morgan fingerprint density at radius 2 is 1.76 bits per heavy atom. The van der Waals surface area contributed by atoms with Gasteiger partial charge in [-0.25, -0.2) is 4.79 Å². The highest BCUT2D eigenvalue weighted by Gasteiger charge is 2.08. The van der Waals surface area contributed by atoms with Crippen LogP contribution < -0.4 is 11.1 Å². The van der Waals surface area contributed by atoms with Crippen molar-refractivity contribution in [2.75, 3.05) is 11.9 Å². The standard InChI is InChI=1S/C11H12N2O4/c12-6-9(14)5-10(15)13-8-3-1-7(2-4-8)11(16)17/h1-4H,5-6,12H2,(H,13,15)(H,16,17). The first-order valence-corrected chi connectivity index (χ1v) is 4.88. The van der Waals surface area contributed by atoms with Crippen LogP contribution in [-0.4, -0.2) is 29.3 Å². The molecule has 17 heavy (non-hydrogen) atoms. The predicted octanol–water partition coefficient (Wildman–Crippen LogP) is 0.241. The summed E-state index contributed by atoms with van der Waals surface area (Å²) < 4.78 is 0. The predicted molar refractivity (Wildman–Crippen MR) is 60.7 cm³/mol. The molecule has 0 aromatic heterocycles. The number of benzene rings is 1. The first-order chi connectivity index (χ1) is 8.02. The number of nitrogens with two attached hydrogens (primary N) is 1. The van der Waals surface area contributed by atoms with Gasteiger partial charge in [-0.15, -0.1) is 0 Å². The highest BCUT2D eigenvalue weighted by atomic mass is 16.4. The molecule has 0 fully saturated rings. The van der Waals surface area contributed by atoms with Crippen LogP contribution >= 0.6 is 0 Å². The Balaban J connectivity index is 2.60. The number of rotatable bonds is 5. The molecule has 1 aromatic rings. The Labute approximate surface area is 97.4 Å². The van der Waals surface area contributed by atoms with Gasteiger partial charge in [0.25, 0.3) is 0 Å². The molecule has 0 atom stereocenters. The molecule has 0 radical (unpaired) electrons. The third-order valence-corrected chi connectivity index (χ3v) is 2.00. The maximum Gasteiger partial charge on any atom is 0.335 e. The van der Waals surface area contributed by atoms with E-state index < -0.39 is 11.9 Å². The van der Waals surface area contributed by atoms with Gasteiger partial charge in [-0.05, 0) is 24.3 Å². The number of carboxylic acid groups (broad SMARTS) is 1. The maximum absolute atomic E-state index is 11.3. The average molecular weight is 236 g/mol. The van der Waals surface area contributed by atoms with Crippen LogP contribution in [0, 0.1) is 0 Å². The molecule has 0 bridgehead atoms. The molecule has 4 N–H and O–H groups in total. The summed E-state index contributed by atoms with van der Waals surface area (Å²) in [5.41, 5.74) is 5.63. The number of nitrogens with one attached hydrogen (secondary N) is 1. The number of ketones is 1. The van der Waals surface area contributed by atoms with Gasteiger partial charge in [-0.1, -0.05) is 0 Å². The number of carbonyl (C=O) groups is 3. The van der Waals surface area contributed by atoms with Crippen LogP contribution in [0.15, 0.2) is 24.3 Å². The second-order valence-corrected chi connectivity index (χ2v) is 3.35. The molecule has 6 nitrogen and oxygen atoms in total. The summed E-state index contributed by atoms with van der Waals surface area (Å²) in [6.45, 7) is -0.175. The highest BCUT2D eigenvalue weighted by molar-refractivity contribution is 6.05. The minimum absolute atomic E-state index is 0.126. The lowest BCUT2D eigenvalue weighted by Gasteiger charge is -2.04. The van der Waals surface area contributed by atoms with E-state index >= 15 is 0 Å². The fourth-order valence-electron chi connectivity index (χ4n) is 1.15. The third kappa shape index (κ3) is 4.04. The minimum Gasteiger partial charge on any atom is -0.478 e. The third-order valence-electron chi connectivity index (χ3n) is 2.00. The summed E-state index contributed by atoms with van der Waals surface area (Å²) in [7, 11) is 0. The van der Waals surface area contributed by atoms with Crippen LogP contribution in [0.2, 0.25) is 0 Å². The molecule has 0 aliphatic heterocycles. The normalized spacial score (nSPS) is 9.71. The molecule has 6 heteroatoms. The zero-order valence-electron chi connectivity index (χ0n) is 8.97. The second kappa shape index (κ2) is 5.76. The lowest BCUT2D eigenvalue weighted by Crippen LogP contribution is -2.21. The lowest BCUT2D eigenvalue weighted by molar-refractivity contribution is -0.124. The fourth-order valence-corrected chi connectivity index (χ4v) is 1.15. The zero-order valence-corrected chi connectivity index (χ0v) is 8.97. The molecule has 0 spiro atoms. The van der Waals surface area contributed by atoms with Crippen LogP contribution in [-0.2, 0) is 9.59 Å². The molecule has 0 heterocycles. The zero-order chi connectivity index (χ0) is 12.8. The number of anilines is 1. The van der Waals surface area contributed by atoms with Gasteiger partial charge in [-0.2, -0.15) is 0 Å². The van der Waals surface area contributed by atoms with Crippen LogP contribution in [0.3, 0.4) is 0 Å². The van der Waals surface area contributed by atoms with Gasteiger partial charge in [0.05, 0.1) is 18.5 Å². The molecule has 0 saturated heterocycles. The van der Waals surface area contributed by atoms with E-state index in [0.717, 1.165) is 0 Å². The number of Topliss-reactive ketones (excluding diaryl/α,β-unsaturated/α-hetero) is 1. The number of hydrogen-bond donors (Lipinski definition) is 3. The molecule has 0 unspecified atom stereocenters. The lowest BCUT2D eigenvalue weighted by atomic mass is 10.2. The van der Waals surface area contributed by atoms with Gasteiger partial charge in [0.15, 0.2) is 5.78 Å². The van der Waals surface area contributed by atoms with Crippen molar-refractivity contribution in [1.29, 1.82) is 0 Å². The Kier molecular flexibility index (Phi) is 4.36. The van der Waals surface area contributed by atoms with Gasteiger partial charge < -0.3 is 16.2 Å². The summed E-state index contributed by atoms with van der Waals surface area (Å²) in [6.07, 6.45) is -0.281. The van der Waals surface area contributed by atoms with Crippen molar-refractivity contribution in [3.8, 4) is 0 Å². The van der Waals surface area contributed by atoms with Gasteiger partial charge >= 0.3 is 5.97 Å². The smallest absolute Gasteiger partial charge is 0.335 e. The number of hydrogen-bond acceptors (Lipinski definition) is 4. The summed E-state index contributed by atoms with van der Waals surface area (Å²) in [5.74, 6) is -1.87. The van der Waals surface area contributed by atoms with Gasteiger partial charge in [0.1, 0.15) is 0 Å². The maximum atomic E-state index is 11.3. The molecular formula is C11H12N2O4. The molecule has 1 rings (SSSR count). The van der Waals surface area contributed by atoms with Gasteiger partial charge in [0.2, 0.25) is 5.91 Å². The van der Waals surface area contributed by atoms with Crippen molar-refractivity contribution < 1.29 is 19.5 Å². The molecule has 1 amide bonds. The SMILES string of the molecule is NCC(=O)CC(=O)Nc1ccc(C(=O)O)cc1. The first kappa shape index (κ1) is 12.9. The van der Waals surface area contributed by atoms with E-state index in [4.69, 9.17) is 10.8 Å². The van der Waals surface area contributed by atoms with Crippen molar-refractivity contribution >= 4 is 23.3 Å². The van der Waals surface area contributed by atoms with Crippen LogP contribution in [0.5, 0.6) is 0 Å². The van der Waals surface area contributed by atoms with E-state index in [1.165, 1.54) is 24.3 Å². The van der Waals surface area contributed by atoms with E-state index in [1.807, 2.05) is 0 Å². The largest absolute Gasteiger partial charge is 0.478 e. The first-order valence-electron chi connectivity index (χ1n) is 4.88. The summed E-state index contributed by atoms with van der Waals surface area (Å²) in [6, 6.07) is 5.63. The summed E-state index contributed by atoms with van der Waals surface area (Å²) in [4.78, 5) is 32.8. The van der Waals surface area contributed by atoms with Crippen molar-refractivity contribution in [3.63, 3.8) is 0 Å². The van der Waals surface area contributed by atoms with E-state index in [2.05, 4.69) is 5.32 Å². The number of carboxylic acids is 1. The Bertz CT molecular complexity index is 439. The van der Waals surface area contributed by atoms with E-state index in [9.17, 15) is 14.4 Å². The molecule has 90 valence electrons. The molecule has 0 aliphatic carbocycles. The molecule has 1 aromatic carbocycles. The van der Waals surface area contributed by atoms with Crippen molar-refractivity contribution in [3.05, 3.63) is 29.8 Å². The van der Waals surface area contributed by atoms with Crippen molar-refractivity contribution in [1.82, 2.24) is 0 Å². The van der Waals surface area contributed by atoms with Crippen molar-refractivity contribution in [2.24, 2.45) is 5.73 Å². The second-order valence-electron chi connectivity index (χ2n) is 3.35. The van der Waals surface area contributed by atoms with Crippen LogP contribution in [0.1, 0.15) is 16.8 Å². The average Bonchev–Trinajstić information content (AvgIpc) is 2.29.